The molecule has 0 N–H and O–H groups in total. The Kier molecular flexibility index (Phi) is 7.21. The van der Waals surface area contributed by atoms with Gasteiger partial charge in [0.1, 0.15) is 0 Å². The Balaban J connectivity index is 2.21. The molecule has 1 unspecified atom stereocenters. The molecular weight excluding hydrogens is 218 g/mol. The van der Waals surface area contributed by atoms with Crippen molar-refractivity contribution in [2.45, 2.75) is 33.1 Å². The number of hydrogen-bond acceptors (Lipinski definition) is 4. The highest BCUT2D eigenvalue weighted by Crippen LogP contribution is 2.17. The molecule has 0 aromatic heterocycles. The number of nitrogens with zero attached hydrogens (tertiary/aromatic N) is 1. The number of piperidine rings is 1. The minimum atomic E-state index is -0.0259. The molecule has 100 valence electrons. The first-order valence-corrected chi connectivity index (χ1v) is 6.74. The van der Waals surface area contributed by atoms with Gasteiger partial charge in [0.15, 0.2) is 0 Å². The van der Waals surface area contributed by atoms with E-state index < -0.39 is 0 Å². The summed E-state index contributed by atoms with van der Waals surface area (Å²) in [4.78, 5) is 14.0. The van der Waals surface area contributed by atoms with E-state index in [2.05, 4.69) is 4.90 Å². The van der Waals surface area contributed by atoms with Crippen LogP contribution in [0.2, 0.25) is 0 Å². The first-order chi connectivity index (χ1) is 8.27. The lowest BCUT2D eigenvalue weighted by Crippen LogP contribution is -2.40. The summed E-state index contributed by atoms with van der Waals surface area (Å²) >= 11 is 0. The van der Waals surface area contributed by atoms with Crippen LogP contribution < -0.4 is 0 Å². The van der Waals surface area contributed by atoms with E-state index in [1.165, 1.54) is 0 Å². The minimum absolute atomic E-state index is 0.0259. The van der Waals surface area contributed by atoms with Gasteiger partial charge in [0.05, 0.1) is 12.5 Å². The van der Waals surface area contributed by atoms with Crippen LogP contribution in [0.4, 0.5) is 0 Å². The summed E-state index contributed by atoms with van der Waals surface area (Å²) in [6, 6.07) is 0. The Labute approximate surface area is 104 Å². The molecule has 1 atom stereocenters. The molecule has 0 aliphatic carbocycles. The number of hydrogen-bond donors (Lipinski definition) is 0. The van der Waals surface area contributed by atoms with Crippen LogP contribution in [0, 0.1) is 5.92 Å². The summed E-state index contributed by atoms with van der Waals surface area (Å²) in [7, 11) is 0. The van der Waals surface area contributed by atoms with Crippen LogP contribution in [0.5, 0.6) is 0 Å². The molecule has 0 bridgehead atoms. The maximum Gasteiger partial charge on any atom is 0.310 e. The molecule has 1 saturated heterocycles. The molecule has 0 amide bonds. The van der Waals surface area contributed by atoms with E-state index in [1.54, 1.807) is 0 Å². The fourth-order valence-electron chi connectivity index (χ4n) is 2.25. The Bertz CT molecular complexity index is 221. The normalized spacial score (nSPS) is 21.4. The SMILES string of the molecule is CCOCCCN1CCCC(C(=O)OCC)C1. The van der Waals surface area contributed by atoms with Gasteiger partial charge in [0.25, 0.3) is 0 Å². The maximum absolute atomic E-state index is 11.6. The van der Waals surface area contributed by atoms with Crippen molar-refractivity contribution in [3.05, 3.63) is 0 Å². The topological polar surface area (TPSA) is 38.8 Å². The number of likely N-dealkylation sites (tertiary alicyclic amines) is 1. The number of ether oxygens (including phenoxy) is 2. The highest BCUT2D eigenvalue weighted by Gasteiger charge is 2.26. The van der Waals surface area contributed by atoms with Crippen LogP contribution in [0.3, 0.4) is 0 Å². The van der Waals surface area contributed by atoms with E-state index in [1.807, 2.05) is 13.8 Å². The lowest BCUT2D eigenvalue weighted by atomic mass is 9.98. The summed E-state index contributed by atoms with van der Waals surface area (Å²) in [5.74, 6) is 0.0535. The summed E-state index contributed by atoms with van der Waals surface area (Å²) in [5, 5.41) is 0. The van der Waals surface area contributed by atoms with Gasteiger partial charge in [-0.05, 0) is 39.7 Å². The first kappa shape index (κ1) is 14.5. The van der Waals surface area contributed by atoms with Gasteiger partial charge >= 0.3 is 5.97 Å². The van der Waals surface area contributed by atoms with Crippen molar-refractivity contribution in [3.63, 3.8) is 0 Å². The summed E-state index contributed by atoms with van der Waals surface area (Å²) in [6.07, 6.45) is 3.11. The third-order valence-corrected chi connectivity index (χ3v) is 3.09. The fourth-order valence-corrected chi connectivity index (χ4v) is 2.25. The predicted octanol–water partition coefficient (Wildman–Crippen LogP) is 1.69. The van der Waals surface area contributed by atoms with Crippen LogP contribution in [0.1, 0.15) is 33.1 Å². The Morgan fingerprint density at radius 2 is 2.18 bits per heavy atom. The zero-order valence-electron chi connectivity index (χ0n) is 11.1. The summed E-state index contributed by atoms with van der Waals surface area (Å²) in [5.41, 5.74) is 0. The zero-order valence-corrected chi connectivity index (χ0v) is 11.1. The van der Waals surface area contributed by atoms with Crippen molar-refractivity contribution in [1.29, 1.82) is 0 Å². The molecule has 1 aliphatic heterocycles. The molecule has 0 aromatic carbocycles. The van der Waals surface area contributed by atoms with Gasteiger partial charge in [-0.15, -0.1) is 0 Å². The minimum Gasteiger partial charge on any atom is -0.466 e. The van der Waals surface area contributed by atoms with E-state index in [0.717, 1.165) is 52.1 Å². The van der Waals surface area contributed by atoms with E-state index in [4.69, 9.17) is 9.47 Å². The quantitative estimate of drug-likeness (QED) is 0.504. The molecule has 1 aliphatic rings. The number of rotatable bonds is 7. The largest absolute Gasteiger partial charge is 0.466 e. The highest BCUT2D eigenvalue weighted by molar-refractivity contribution is 5.72. The molecule has 4 nitrogen and oxygen atoms in total. The van der Waals surface area contributed by atoms with Crippen LogP contribution in [0.15, 0.2) is 0 Å². The second kappa shape index (κ2) is 8.48. The van der Waals surface area contributed by atoms with Crippen LogP contribution >= 0.6 is 0 Å². The van der Waals surface area contributed by atoms with Gasteiger partial charge in [-0.1, -0.05) is 0 Å². The molecule has 0 radical (unpaired) electrons. The molecule has 0 aromatic rings. The Hall–Kier alpha value is -0.610. The van der Waals surface area contributed by atoms with Crippen LogP contribution in [0.25, 0.3) is 0 Å². The molecule has 4 heteroatoms. The lowest BCUT2D eigenvalue weighted by Gasteiger charge is -2.31. The molecule has 17 heavy (non-hydrogen) atoms. The molecule has 1 heterocycles. The van der Waals surface area contributed by atoms with Crippen molar-refractivity contribution in [1.82, 2.24) is 4.90 Å². The van der Waals surface area contributed by atoms with Crippen molar-refractivity contribution in [2.75, 3.05) is 39.5 Å². The molecule has 1 fully saturated rings. The standard InChI is InChI=1S/C13H25NO3/c1-3-16-10-6-9-14-8-5-7-12(11-14)13(15)17-4-2/h12H,3-11H2,1-2H3. The molecule has 0 saturated carbocycles. The molecule has 1 rings (SSSR count). The van der Waals surface area contributed by atoms with Gasteiger partial charge in [-0.3, -0.25) is 4.79 Å². The van der Waals surface area contributed by atoms with Gasteiger partial charge in [-0.25, -0.2) is 0 Å². The predicted molar refractivity (Wildman–Crippen MR) is 66.9 cm³/mol. The van der Waals surface area contributed by atoms with E-state index in [-0.39, 0.29) is 11.9 Å². The third-order valence-electron chi connectivity index (χ3n) is 3.09. The average Bonchev–Trinajstić information content (AvgIpc) is 2.35. The summed E-state index contributed by atoms with van der Waals surface area (Å²) < 4.78 is 10.4. The van der Waals surface area contributed by atoms with Gasteiger partial charge in [-0.2, -0.15) is 0 Å². The van der Waals surface area contributed by atoms with Gasteiger partial charge in [0, 0.05) is 26.3 Å². The monoisotopic (exact) mass is 243 g/mol. The maximum atomic E-state index is 11.6. The third kappa shape index (κ3) is 5.50. The highest BCUT2D eigenvalue weighted by atomic mass is 16.5. The summed E-state index contributed by atoms with van der Waals surface area (Å²) in [6.45, 7) is 8.93. The second-order valence-electron chi connectivity index (χ2n) is 4.44. The van der Waals surface area contributed by atoms with Crippen molar-refractivity contribution < 1.29 is 14.3 Å². The van der Waals surface area contributed by atoms with Gasteiger partial charge in [0.2, 0.25) is 0 Å². The number of carbonyl (C=O) groups excluding carboxylic acids is 1. The van der Waals surface area contributed by atoms with Crippen LogP contribution in [-0.4, -0.2) is 50.3 Å². The van der Waals surface area contributed by atoms with Crippen LogP contribution in [-0.2, 0) is 14.3 Å². The van der Waals surface area contributed by atoms with Crippen molar-refractivity contribution in [2.24, 2.45) is 5.92 Å². The second-order valence-corrected chi connectivity index (χ2v) is 4.44. The Morgan fingerprint density at radius 1 is 1.35 bits per heavy atom. The van der Waals surface area contributed by atoms with E-state index in [9.17, 15) is 4.79 Å². The van der Waals surface area contributed by atoms with Crippen molar-refractivity contribution >= 4 is 5.97 Å². The smallest absolute Gasteiger partial charge is 0.310 e. The fraction of sp³-hybridized carbons (Fsp3) is 0.923. The number of carbonyl (C=O) groups is 1. The average molecular weight is 243 g/mol. The van der Waals surface area contributed by atoms with E-state index >= 15 is 0 Å². The zero-order chi connectivity index (χ0) is 12.5. The Morgan fingerprint density at radius 3 is 2.88 bits per heavy atom. The number of esters is 1. The first-order valence-electron chi connectivity index (χ1n) is 6.74. The molecular formula is C13H25NO3. The van der Waals surface area contributed by atoms with Crippen molar-refractivity contribution in [3.8, 4) is 0 Å². The molecule has 0 spiro atoms. The van der Waals surface area contributed by atoms with E-state index in [0.29, 0.717) is 6.61 Å². The lowest BCUT2D eigenvalue weighted by molar-refractivity contribution is -0.149. The van der Waals surface area contributed by atoms with Gasteiger partial charge < -0.3 is 14.4 Å².